The van der Waals surface area contributed by atoms with E-state index < -0.39 is 67.3 Å². The summed E-state index contributed by atoms with van der Waals surface area (Å²) in [5.41, 5.74) is 18.1. The van der Waals surface area contributed by atoms with E-state index in [9.17, 15) is 35.4 Å². The number of guanidine groups is 1. The molecule has 3 heterocycles. The lowest BCUT2D eigenvalue weighted by atomic mass is 10.00. The van der Waals surface area contributed by atoms with Gasteiger partial charge in [-0.05, 0) is 68.0 Å². The monoisotopic (exact) mass is 864 g/mol. The molecule has 1 amide bonds. The molecule has 332 valence electrons. The topological polar surface area (TPSA) is 316 Å². The molecule has 0 bridgehead atoms. The van der Waals surface area contributed by atoms with Crippen LogP contribution in [0.3, 0.4) is 0 Å². The van der Waals surface area contributed by atoms with Gasteiger partial charge in [0.15, 0.2) is 41.0 Å². The number of nitrogens with one attached hydrogen (secondary N) is 1. The molecule has 2 aromatic carbocycles. The fourth-order valence-electron chi connectivity index (χ4n) is 6.88. The van der Waals surface area contributed by atoms with Gasteiger partial charge in [-0.25, -0.2) is 9.97 Å². The van der Waals surface area contributed by atoms with Crippen LogP contribution in [0, 0.1) is 0 Å². The molecule has 60 heavy (non-hydrogen) atoms. The van der Waals surface area contributed by atoms with Crippen molar-refractivity contribution in [1.82, 2.24) is 20.2 Å². The second kappa shape index (κ2) is 22.2. The van der Waals surface area contributed by atoms with Crippen molar-refractivity contribution in [3.63, 3.8) is 0 Å². The van der Waals surface area contributed by atoms with Crippen molar-refractivity contribution in [2.24, 2.45) is 10.7 Å². The van der Waals surface area contributed by atoms with Crippen LogP contribution in [0.2, 0.25) is 5.15 Å². The number of anilines is 2. The molecule has 1 aromatic heterocycles. The van der Waals surface area contributed by atoms with Crippen LogP contribution in [0.4, 0.5) is 11.6 Å². The van der Waals surface area contributed by atoms with Crippen LogP contribution in [0.15, 0.2) is 41.4 Å². The average molecular weight is 865 g/mol. The second-order valence-electron chi connectivity index (χ2n) is 14.9. The Kier molecular flexibility index (Phi) is 17.4. The predicted molar refractivity (Wildman–Crippen MR) is 220 cm³/mol. The number of aliphatic hydroxyl groups is 6. The maximum absolute atomic E-state index is 12.4. The van der Waals surface area contributed by atoms with E-state index in [1.807, 2.05) is 30.3 Å². The van der Waals surface area contributed by atoms with Gasteiger partial charge in [-0.1, -0.05) is 35.9 Å². The molecule has 2 aliphatic rings. The zero-order chi connectivity index (χ0) is 43.5. The van der Waals surface area contributed by atoms with E-state index in [2.05, 4.69) is 26.3 Å². The van der Waals surface area contributed by atoms with Crippen molar-refractivity contribution >= 4 is 45.9 Å². The molecule has 13 N–H and O–H groups in total. The van der Waals surface area contributed by atoms with Crippen molar-refractivity contribution in [1.29, 1.82) is 0 Å². The van der Waals surface area contributed by atoms with Crippen LogP contribution in [0.25, 0.3) is 10.8 Å². The molecule has 2 fully saturated rings. The molecule has 2 saturated heterocycles. The third kappa shape index (κ3) is 13.2. The number of aryl methyl sites for hydroxylation is 1. The van der Waals surface area contributed by atoms with E-state index >= 15 is 0 Å². The minimum absolute atomic E-state index is 0.0702. The first-order valence-electron chi connectivity index (χ1n) is 19.8. The summed E-state index contributed by atoms with van der Waals surface area (Å²) in [4.78, 5) is 25.9. The van der Waals surface area contributed by atoms with E-state index in [1.54, 1.807) is 18.7 Å². The number of carbonyl (C=O) groups excluding carboxylic acids is 1. The number of ether oxygens (including phenoxy) is 5. The number of halogens is 1. The van der Waals surface area contributed by atoms with E-state index in [4.69, 9.17) is 52.5 Å². The van der Waals surface area contributed by atoms with Gasteiger partial charge in [-0.15, -0.1) is 0 Å². The number of aromatic nitrogens is 2. The van der Waals surface area contributed by atoms with Gasteiger partial charge in [-0.2, -0.15) is 0 Å². The van der Waals surface area contributed by atoms with Crippen molar-refractivity contribution in [3.8, 4) is 5.75 Å². The lowest BCUT2D eigenvalue weighted by molar-refractivity contribution is -0.274. The number of nitrogens with two attached hydrogens (primary N) is 3. The minimum Gasteiger partial charge on any atom is -0.494 e. The molecule has 5 rings (SSSR count). The number of aliphatic hydroxyl groups excluding tert-OH is 6. The average Bonchev–Trinajstić information content (AvgIpc) is 3.21. The van der Waals surface area contributed by atoms with Crippen LogP contribution < -0.4 is 27.3 Å². The van der Waals surface area contributed by atoms with Crippen LogP contribution in [0.1, 0.15) is 49.2 Å². The van der Waals surface area contributed by atoms with Gasteiger partial charge in [0.1, 0.15) is 42.4 Å². The van der Waals surface area contributed by atoms with Gasteiger partial charge < -0.3 is 71.5 Å². The van der Waals surface area contributed by atoms with Gasteiger partial charge in [0.05, 0.1) is 32.0 Å². The number of aliphatic imine (C=N–C) groups is 1. The number of nitrogens with zero attached hydrogens (tertiary/aromatic N) is 4. The molecule has 4 unspecified atom stereocenters. The molecule has 21 heteroatoms. The molecule has 0 spiro atoms. The van der Waals surface area contributed by atoms with Gasteiger partial charge in [0.2, 0.25) is 0 Å². The smallest absolute Gasteiger partial charge is 0.280 e. The predicted octanol–water partition coefficient (Wildman–Crippen LogP) is -0.726. The summed E-state index contributed by atoms with van der Waals surface area (Å²) in [7, 11) is 0. The van der Waals surface area contributed by atoms with E-state index in [1.165, 1.54) is 0 Å². The Morgan fingerprint density at radius 3 is 2.13 bits per heavy atom. The SMILES string of the molecule is CC1OC[C@H](O)C([C@H](O)[C@@H](O)CN(CCCOc2ccc3cc(CCCCN=C(N)NC(=O)c4nc(Cl)c(N)nc4N)ccc3c2)C[C@H](O)[C@@H](O)C2OC(C)OC[C@@H]2O)O1. The maximum Gasteiger partial charge on any atom is 0.280 e. The molecule has 10 atom stereocenters. The Morgan fingerprint density at radius 1 is 0.900 bits per heavy atom. The fraction of sp³-hybridized carbons (Fsp3) is 0.590. The van der Waals surface area contributed by atoms with Crippen LogP contribution in [0.5, 0.6) is 5.75 Å². The zero-order valence-electron chi connectivity index (χ0n) is 33.5. The first-order valence-corrected chi connectivity index (χ1v) is 20.2. The summed E-state index contributed by atoms with van der Waals surface area (Å²) in [6.45, 7) is 3.73. The summed E-state index contributed by atoms with van der Waals surface area (Å²) in [5.74, 6) is -0.421. The minimum atomic E-state index is -1.48. The number of carbonyl (C=O) groups is 1. The number of nitrogen functional groups attached to an aromatic ring is 2. The number of hydrogen-bond donors (Lipinski definition) is 10. The number of hydrogen-bond acceptors (Lipinski definition) is 18. The van der Waals surface area contributed by atoms with Crippen molar-refractivity contribution in [2.45, 2.75) is 101 Å². The Morgan fingerprint density at radius 2 is 1.50 bits per heavy atom. The number of benzene rings is 2. The van der Waals surface area contributed by atoms with Gasteiger partial charge >= 0.3 is 0 Å². The summed E-state index contributed by atoms with van der Waals surface area (Å²) in [6, 6.07) is 11.9. The maximum atomic E-state index is 12.4. The Hall–Kier alpha value is -4.03. The molecule has 0 radical (unpaired) electrons. The first kappa shape index (κ1) is 47.0. The van der Waals surface area contributed by atoms with Gasteiger partial charge in [-0.3, -0.25) is 20.0 Å². The number of rotatable bonds is 19. The highest BCUT2D eigenvalue weighted by Gasteiger charge is 2.40. The van der Waals surface area contributed by atoms with Gasteiger partial charge in [0, 0.05) is 26.2 Å². The molecular weight excluding hydrogens is 808 g/mol. The number of unbranched alkanes of at least 4 members (excludes halogenated alkanes) is 1. The summed E-state index contributed by atoms with van der Waals surface area (Å²) in [5, 5.41) is 68.9. The van der Waals surface area contributed by atoms with Crippen molar-refractivity contribution in [2.75, 3.05) is 57.5 Å². The van der Waals surface area contributed by atoms with Crippen LogP contribution >= 0.6 is 11.6 Å². The highest BCUT2D eigenvalue weighted by Crippen LogP contribution is 2.25. The van der Waals surface area contributed by atoms with Crippen molar-refractivity contribution in [3.05, 3.63) is 52.8 Å². The van der Waals surface area contributed by atoms with Crippen molar-refractivity contribution < 1.29 is 59.1 Å². The summed E-state index contributed by atoms with van der Waals surface area (Å²) in [6.07, 6.45) is -8.91. The summed E-state index contributed by atoms with van der Waals surface area (Å²) < 4.78 is 27.6. The standard InChI is InChI=1S/C39H57ClN8O12/c1-20-57-18-28(51)33(59-20)31(53)26(49)16-48(17-27(50)32(54)34-29(52)19-58-21(2)60-34)12-5-13-56-25-10-9-23-14-22(7-8-24(23)15-25)6-3-4-11-44-39(43)47-38(55)30-36(41)46-37(42)35(40)45-30/h7-10,14-15,20-21,26-29,31-34,49-54H,3-6,11-13,16-19H2,1-2H3,(H4,41,42,46)(H3,43,44,47,55)/t20?,21?,26-,27-,28-,29-,31+,32+,33?,34?/m0/s1. The van der Waals surface area contributed by atoms with E-state index in [-0.39, 0.29) is 67.9 Å². The highest BCUT2D eigenvalue weighted by molar-refractivity contribution is 6.31. The number of fused-ring (bicyclic) bond motifs is 1. The van der Waals surface area contributed by atoms with E-state index in [0.29, 0.717) is 25.1 Å². The largest absolute Gasteiger partial charge is 0.494 e. The Balaban J connectivity index is 1.10. The number of amides is 1. The lowest BCUT2D eigenvalue weighted by Crippen LogP contribution is -2.57. The lowest BCUT2D eigenvalue weighted by Gasteiger charge is -2.39. The normalized spacial score (nSPS) is 24.5. The molecule has 0 aliphatic carbocycles. The fourth-order valence-corrected chi connectivity index (χ4v) is 7.00. The van der Waals surface area contributed by atoms with Crippen LogP contribution in [-0.2, 0) is 25.4 Å². The molecule has 2 aliphatic heterocycles. The van der Waals surface area contributed by atoms with E-state index in [0.717, 1.165) is 29.2 Å². The quantitative estimate of drug-likeness (QED) is 0.0404. The van der Waals surface area contributed by atoms with Gasteiger partial charge in [0.25, 0.3) is 5.91 Å². The Bertz CT molecular complexity index is 1860. The summed E-state index contributed by atoms with van der Waals surface area (Å²) >= 11 is 5.84. The highest BCUT2D eigenvalue weighted by atomic mass is 35.5. The molecule has 0 saturated carbocycles. The molecular formula is C39H57ClN8O12. The first-order chi connectivity index (χ1) is 28.6. The Labute approximate surface area is 352 Å². The van der Waals surface area contributed by atoms with Crippen LogP contribution in [-0.4, -0.2) is 165 Å². The third-order valence-corrected chi connectivity index (χ3v) is 10.4. The third-order valence-electron chi connectivity index (χ3n) is 10.1. The second-order valence-corrected chi connectivity index (χ2v) is 15.2. The zero-order valence-corrected chi connectivity index (χ0v) is 34.3. The molecule has 3 aromatic rings. The molecule has 20 nitrogen and oxygen atoms in total.